The van der Waals surface area contributed by atoms with Crippen LogP contribution in [-0.4, -0.2) is 37.8 Å². The second-order valence-corrected chi connectivity index (χ2v) is 8.49. The molecule has 0 saturated heterocycles. The number of para-hydroxylation sites is 1. The Balaban J connectivity index is 1.73. The minimum atomic E-state index is -3.74. The quantitative estimate of drug-likeness (QED) is 0.430. The van der Waals surface area contributed by atoms with Crippen molar-refractivity contribution in [2.75, 3.05) is 10.6 Å². The zero-order valence-corrected chi connectivity index (χ0v) is 17.9. The van der Waals surface area contributed by atoms with E-state index < -0.39 is 22.0 Å². The standard InChI is InChI=1S/C22H22N4O4S/c1-17(22(27)25-24-16-18-8-6-7-15-23-18)26(31(2,28)29)19-11-13-21(14-12-19)30-20-9-4-3-5-10-20/h3-17H,1-2H3,(H,25,27)/b24-16-/t17-/m0/s1. The predicted octanol–water partition coefficient (Wildman–Crippen LogP) is 3.18. The van der Waals surface area contributed by atoms with Crippen molar-refractivity contribution in [1.82, 2.24) is 10.4 Å². The van der Waals surface area contributed by atoms with Gasteiger partial charge in [-0.05, 0) is 55.5 Å². The highest BCUT2D eigenvalue weighted by Gasteiger charge is 2.29. The van der Waals surface area contributed by atoms with Crippen LogP contribution in [0.4, 0.5) is 5.69 Å². The van der Waals surface area contributed by atoms with Crippen molar-refractivity contribution in [2.24, 2.45) is 5.10 Å². The van der Waals surface area contributed by atoms with E-state index in [2.05, 4.69) is 15.5 Å². The van der Waals surface area contributed by atoms with E-state index in [4.69, 9.17) is 4.74 Å². The lowest BCUT2D eigenvalue weighted by Gasteiger charge is -2.27. The van der Waals surface area contributed by atoms with E-state index in [1.807, 2.05) is 30.3 Å². The number of amides is 1. The molecule has 1 heterocycles. The van der Waals surface area contributed by atoms with Crippen LogP contribution >= 0.6 is 0 Å². The third-order valence-corrected chi connectivity index (χ3v) is 5.46. The lowest BCUT2D eigenvalue weighted by Crippen LogP contribution is -2.46. The van der Waals surface area contributed by atoms with Crippen molar-refractivity contribution < 1.29 is 17.9 Å². The monoisotopic (exact) mass is 438 g/mol. The Hall–Kier alpha value is -3.72. The number of hydrogen-bond donors (Lipinski definition) is 1. The van der Waals surface area contributed by atoms with Crippen LogP contribution in [0, 0.1) is 0 Å². The minimum absolute atomic E-state index is 0.333. The van der Waals surface area contributed by atoms with E-state index in [1.54, 1.807) is 48.7 Å². The fraction of sp³-hybridized carbons (Fsp3) is 0.136. The molecule has 0 spiro atoms. The van der Waals surface area contributed by atoms with Crippen LogP contribution in [0.1, 0.15) is 12.6 Å². The summed E-state index contributed by atoms with van der Waals surface area (Å²) < 4.78 is 31.6. The molecule has 2 aromatic carbocycles. The number of nitrogens with one attached hydrogen (secondary N) is 1. The molecule has 1 amide bonds. The molecule has 0 unspecified atom stereocenters. The molecule has 8 nitrogen and oxygen atoms in total. The lowest BCUT2D eigenvalue weighted by atomic mass is 10.2. The van der Waals surface area contributed by atoms with Gasteiger partial charge in [0.1, 0.15) is 17.5 Å². The molecule has 1 aromatic heterocycles. The Morgan fingerprint density at radius 1 is 1.03 bits per heavy atom. The van der Waals surface area contributed by atoms with Gasteiger partial charge in [-0.1, -0.05) is 24.3 Å². The summed E-state index contributed by atoms with van der Waals surface area (Å²) >= 11 is 0. The molecule has 0 radical (unpaired) electrons. The van der Waals surface area contributed by atoms with E-state index in [0.29, 0.717) is 22.9 Å². The van der Waals surface area contributed by atoms with Crippen molar-refractivity contribution in [3.8, 4) is 11.5 Å². The van der Waals surface area contributed by atoms with E-state index in [0.717, 1.165) is 10.6 Å². The van der Waals surface area contributed by atoms with E-state index in [-0.39, 0.29) is 0 Å². The van der Waals surface area contributed by atoms with Gasteiger partial charge in [0.05, 0.1) is 23.9 Å². The smallest absolute Gasteiger partial charge is 0.263 e. The number of aromatic nitrogens is 1. The molecular formula is C22H22N4O4S. The summed E-state index contributed by atoms with van der Waals surface area (Å²) in [5, 5.41) is 3.85. The summed E-state index contributed by atoms with van der Waals surface area (Å²) in [4.78, 5) is 16.6. The van der Waals surface area contributed by atoms with Crippen LogP contribution in [0.5, 0.6) is 11.5 Å². The number of sulfonamides is 1. The SMILES string of the molecule is C[C@@H](C(=O)N/N=C\c1ccccn1)N(c1ccc(Oc2ccccc2)cc1)S(C)(=O)=O. The topological polar surface area (TPSA) is 101 Å². The largest absolute Gasteiger partial charge is 0.457 e. The number of anilines is 1. The number of nitrogens with zero attached hydrogens (tertiary/aromatic N) is 3. The summed E-state index contributed by atoms with van der Waals surface area (Å²) in [6.45, 7) is 1.49. The van der Waals surface area contributed by atoms with E-state index >= 15 is 0 Å². The van der Waals surface area contributed by atoms with Gasteiger partial charge < -0.3 is 4.74 Å². The Labute approximate surface area is 181 Å². The highest BCUT2D eigenvalue weighted by Crippen LogP contribution is 2.26. The first-order chi connectivity index (χ1) is 14.8. The van der Waals surface area contributed by atoms with Gasteiger partial charge in [-0.15, -0.1) is 0 Å². The Bertz CT molecular complexity index is 1140. The zero-order chi connectivity index (χ0) is 22.3. The molecule has 160 valence electrons. The molecule has 3 aromatic rings. The lowest BCUT2D eigenvalue weighted by molar-refractivity contribution is -0.121. The number of carbonyl (C=O) groups excluding carboxylic acids is 1. The van der Waals surface area contributed by atoms with Crippen LogP contribution in [-0.2, 0) is 14.8 Å². The fourth-order valence-corrected chi connectivity index (χ4v) is 3.98. The second kappa shape index (κ2) is 9.86. The van der Waals surface area contributed by atoms with Crippen LogP contribution in [0.3, 0.4) is 0 Å². The number of ether oxygens (including phenoxy) is 1. The summed E-state index contributed by atoms with van der Waals surface area (Å²) in [5.74, 6) is 0.622. The molecule has 1 N–H and O–H groups in total. The van der Waals surface area contributed by atoms with Gasteiger partial charge in [-0.2, -0.15) is 5.10 Å². The number of benzene rings is 2. The van der Waals surface area contributed by atoms with Gasteiger partial charge in [-0.3, -0.25) is 14.1 Å². The molecule has 1 atom stereocenters. The normalized spacial score (nSPS) is 12.3. The summed E-state index contributed by atoms with van der Waals surface area (Å²) in [7, 11) is -3.74. The Kier molecular flexibility index (Phi) is 6.99. The fourth-order valence-electron chi connectivity index (χ4n) is 2.80. The van der Waals surface area contributed by atoms with Crippen molar-refractivity contribution in [1.29, 1.82) is 0 Å². The molecule has 3 rings (SSSR count). The van der Waals surface area contributed by atoms with Crippen molar-refractivity contribution in [2.45, 2.75) is 13.0 Å². The molecule has 0 saturated carbocycles. The van der Waals surface area contributed by atoms with Crippen LogP contribution in [0.2, 0.25) is 0 Å². The van der Waals surface area contributed by atoms with Crippen molar-refractivity contribution >= 4 is 27.8 Å². The second-order valence-electron chi connectivity index (χ2n) is 6.63. The maximum absolute atomic E-state index is 12.5. The maximum atomic E-state index is 12.5. The molecule has 0 aliphatic carbocycles. The minimum Gasteiger partial charge on any atom is -0.457 e. The number of carbonyl (C=O) groups is 1. The van der Waals surface area contributed by atoms with Crippen LogP contribution in [0.15, 0.2) is 84.1 Å². The van der Waals surface area contributed by atoms with Gasteiger partial charge in [0.15, 0.2) is 0 Å². The Morgan fingerprint density at radius 3 is 2.29 bits per heavy atom. The average Bonchev–Trinajstić information content (AvgIpc) is 2.75. The number of hydrogen-bond acceptors (Lipinski definition) is 6. The first kappa shape index (κ1) is 22.0. The number of rotatable bonds is 8. The molecular weight excluding hydrogens is 416 g/mol. The highest BCUT2D eigenvalue weighted by molar-refractivity contribution is 7.92. The number of hydrazone groups is 1. The number of pyridine rings is 1. The van der Waals surface area contributed by atoms with Crippen LogP contribution < -0.4 is 14.5 Å². The van der Waals surface area contributed by atoms with Gasteiger partial charge in [0.25, 0.3) is 5.91 Å². The van der Waals surface area contributed by atoms with E-state index in [1.165, 1.54) is 13.1 Å². The van der Waals surface area contributed by atoms with E-state index in [9.17, 15) is 13.2 Å². The Morgan fingerprint density at radius 2 is 1.68 bits per heavy atom. The average molecular weight is 439 g/mol. The molecule has 31 heavy (non-hydrogen) atoms. The van der Waals surface area contributed by atoms with Gasteiger partial charge in [-0.25, -0.2) is 13.8 Å². The summed E-state index contributed by atoms with van der Waals surface area (Å²) in [6.07, 6.45) is 4.02. The first-order valence-electron chi connectivity index (χ1n) is 9.41. The van der Waals surface area contributed by atoms with Crippen LogP contribution in [0.25, 0.3) is 0 Å². The molecule has 0 aliphatic rings. The zero-order valence-electron chi connectivity index (χ0n) is 17.0. The third-order valence-electron chi connectivity index (χ3n) is 4.22. The molecule has 0 bridgehead atoms. The van der Waals surface area contributed by atoms with Crippen molar-refractivity contribution in [3.63, 3.8) is 0 Å². The summed E-state index contributed by atoms with van der Waals surface area (Å²) in [5.41, 5.74) is 3.25. The molecule has 0 aliphatic heterocycles. The van der Waals surface area contributed by atoms with Gasteiger partial charge in [0.2, 0.25) is 10.0 Å². The third kappa shape index (κ3) is 6.13. The summed E-state index contributed by atoms with van der Waals surface area (Å²) in [6, 6.07) is 19.9. The predicted molar refractivity (Wildman–Crippen MR) is 120 cm³/mol. The maximum Gasteiger partial charge on any atom is 0.263 e. The van der Waals surface area contributed by atoms with Gasteiger partial charge >= 0.3 is 0 Å². The first-order valence-corrected chi connectivity index (χ1v) is 11.3. The van der Waals surface area contributed by atoms with Gasteiger partial charge in [0, 0.05) is 6.20 Å². The molecule has 0 fully saturated rings. The highest BCUT2D eigenvalue weighted by atomic mass is 32.2. The van der Waals surface area contributed by atoms with Crippen molar-refractivity contribution in [3.05, 3.63) is 84.7 Å². The molecule has 9 heteroatoms.